The molecule has 1 aliphatic carbocycles. The van der Waals surface area contributed by atoms with Crippen molar-refractivity contribution in [3.8, 4) is 0 Å². The summed E-state index contributed by atoms with van der Waals surface area (Å²) in [7, 11) is 0. The van der Waals surface area contributed by atoms with Gasteiger partial charge in [-0.15, -0.1) is 0 Å². The molecule has 1 aliphatic heterocycles. The molecular formula is C16H28N2O4. The van der Waals surface area contributed by atoms with E-state index in [-0.39, 0.29) is 0 Å². The normalized spacial score (nSPS) is 27.1. The molecule has 1 heterocycles. The minimum atomic E-state index is -0.641. The molecule has 1 N–H and O–H groups in total. The van der Waals surface area contributed by atoms with E-state index in [0.717, 1.165) is 18.0 Å². The van der Waals surface area contributed by atoms with Crippen molar-refractivity contribution in [2.45, 2.75) is 52.7 Å². The average molecular weight is 312 g/mol. The number of carbonyl (C=O) groups excluding carboxylic acids is 2. The molecule has 0 radical (unpaired) electrons. The maximum absolute atomic E-state index is 12.4. The Labute approximate surface area is 132 Å². The lowest BCUT2D eigenvalue weighted by molar-refractivity contribution is 0.0000397. The zero-order chi connectivity index (χ0) is 16.7. The topological polar surface area (TPSA) is 67.9 Å². The van der Waals surface area contributed by atoms with Crippen LogP contribution in [0.15, 0.2) is 0 Å². The Balaban J connectivity index is 2.03. The lowest BCUT2D eigenvalue weighted by atomic mass is 10.2. The van der Waals surface area contributed by atoms with E-state index in [4.69, 9.17) is 9.47 Å². The van der Waals surface area contributed by atoms with Crippen LogP contribution in [0.25, 0.3) is 0 Å². The molecule has 0 spiro atoms. The molecule has 2 aliphatic rings. The lowest BCUT2D eigenvalue weighted by Gasteiger charge is -2.29. The summed E-state index contributed by atoms with van der Waals surface area (Å²) in [6.45, 7) is 13.0. The fourth-order valence-electron chi connectivity index (χ4n) is 2.89. The van der Waals surface area contributed by atoms with Gasteiger partial charge in [-0.3, -0.25) is 0 Å². The van der Waals surface area contributed by atoms with Gasteiger partial charge in [-0.25, -0.2) is 14.5 Å². The molecule has 22 heavy (non-hydrogen) atoms. The number of imide groups is 1. The SMILES string of the molecule is CC(C)(C)OC(=O)N(CC1C2CNCC21)C(=O)OC(C)(C)C. The molecule has 1 saturated carbocycles. The van der Waals surface area contributed by atoms with Gasteiger partial charge < -0.3 is 14.8 Å². The van der Waals surface area contributed by atoms with Crippen molar-refractivity contribution in [3.05, 3.63) is 0 Å². The highest BCUT2D eigenvalue weighted by molar-refractivity contribution is 5.88. The second-order valence-corrected chi connectivity index (χ2v) is 8.22. The van der Waals surface area contributed by atoms with E-state index >= 15 is 0 Å². The van der Waals surface area contributed by atoms with E-state index in [0.29, 0.717) is 24.3 Å². The molecule has 2 fully saturated rings. The number of fused-ring (bicyclic) bond motifs is 1. The van der Waals surface area contributed by atoms with Gasteiger partial charge in [-0.2, -0.15) is 0 Å². The highest BCUT2D eigenvalue weighted by Gasteiger charge is 2.54. The molecule has 6 nitrogen and oxygen atoms in total. The van der Waals surface area contributed by atoms with E-state index in [1.807, 2.05) is 0 Å². The maximum atomic E-state index is 12.4. The van der Waals surface area contributed by atoms with Crippen molar-refractivity contribution in [1.29, 1.82) is 0 Å². The van der Waals surface area contributed by atoms with Gasteiger partial charge in [-0.1, -0.05) is 0 Å². The van der Waals surface area contributed by atoms with Crippen LogP contribution in [-0.4, -0.2) is 47.9 Å². The third kappa shape index (κ3) is 4.35. The number of ether oxygens (including phenoxy) is 2. The van der Waals surface area contributed by atoms with Crippen molar-refractivity contribution in [2.75, 3.05) is 19.6 Å². The lowest BCUT2D eigenvalue weighted by Crippen LogP contribution is -2.45. The summed E-state index contributed by atoms with van der Waals surface area (Å²) < 4.78 is 10.7. The Bertz CT molecular complexity index is 412. The smallest absolute Gasteiger partial charge is 0.419 e. The first-order valence-electron chi connectivity index (χ1n) is 7.92. The van der Waals surface area contributed by atoms with E-state index in [2.05, 4.69) is 5.32 Å². The molecule has 2 amide bonds. The van der Waals surface area contributed by atoms with E-state index in [1.165, 1.54) is 0 Å². The Hall–Kier alpha value is -1.30. The second kappa shape index (κ2) is 5.72. The van der Waals surface area contributed by atoms with Crippen LogP contribution >= 0.6 is 0 Å². The molecular weight excluding hydrogens is 284 g/mol. The van der Waals surface area contributed by atoms with Crippen LogP contribution in [0.4, 0.5) is 9.59 Å². The van der Waals surface area contributed by atoms with E-state index in [9.17, 15) is 9.59 Å². The van der Waals surface area contributed by atoms with E-state index in [1.54, 1.807) is 41.5 Å². The van der Waals surface area contributed by atoms with Crippen LogP contribution in [0.1, 0.15) is 41.5 Å². The van der Waals surface area contributed by atoms with Crippen LogP contribution in [0, 0.1) is 17.8 Å². The first-order valence-corrected chi connectivity index (χ1v) is 7.92. The van der Waals surface area contributed by atoms with Crippen molar-refractivity contribution in [1.82, 2.24) is 10.2 Å². The summed E-state index contributed by atoms with van der Waals surface area (Å²) in [5.74, 6) is 1.49. The van der Waals surface area contributed by atoms with Gasteiger partial charge in [0.1, 0.15) is 11.2 Å². The molecule has 2 rings (SSSR count). The average Bonchev–Trinajstić information content (AvgIpc) is 2.74. The number of piperidine rings is 1. The third-order valence-corrected chi connectivity index (χ3v) is 3.89. The largest absolute Gasteiger partial charge is 0.443 e. The van der Waals surface area contributed by atoms with Gasteiger partial charge in [-0.05, 0) is 72.4 Å². The number of rotatable bonds is 2. The first kappa shape index (κ1) is 17.1. The zero-order valence-electron chi connectivity index (χ0n) is 14.4. The Morgan fingerprint density at radius 2 is 1.36 bits per heavy atom. The fourth-order valence-corrected chi connectivity index (χ4v) is 2.89. The van der Waals surface area contributed by atoms with Crippen molar-refractivity contribution in [3.63, 3.8) is 0 Å². The van der Waals surface area contributed by atoms with Crippen LogP contribution in [0.2, 0.25) is 0 Å². The highest BCUT2D eigenvalue weighted by Crippen LogP contribution is 2.49. The van der Waals surface area contributed by atoms with Crippen LogP contribution in [0.3, 0.4) is 0 Å². The quantitative estimate of drug-likeness (QED) is 0.849. The number of nitrogens with one attached hydrogen (secondary N) is 1. The number of amides is 2. The van der Waals surface area contributed by atoms with Crippen LogP contribution in [-0.2, 0) is 9.47 Å². The van der Waals surface area contributed by atoms with E-state index < -0.39 is 23.4 Å². The second-order valence-electron chi connectivity index (χ2n) is 8.22. The molecule has 0 aromatic heterocycles. The third-order valence-electron chi connectivity index (χ3n) is 3.89. The highest BCUT2D eigenvalue weighted by atomic mass is 16.6. The number of nitrogens with zero attached hydrogens (tertiary/aromatic N) is 1. The Morgan fingerprint density at radius 3 is 1.73 bits per heavy atom. The Morgan fingerprint density at radius 1 is 0.955 bits per heavy atom. The summed E-state index contributed by atoms with van der Waals surface area (Å²) in [6, 6.07) is 0. The molecule has 0 aromatic rings. The number of carbonyl (C=O) groups is 2. The number of hydrogen-bond acceptors (Lipinski definition) is 5. The van der Waals surface area contributed by atoms with Gasteiger partial charge in [0.15, 0.2) is 0 Å². The summed E-state index contributed by atoms with van der Waals surface area (Å²) in [5.41, 5.74) is -1.28. The molecule has 2 atom stereocenters. The summed E-state index contributed by atoms with van der Waals surface area (Å²) in [6.07, 6.45) is -1.25. The Kier molecular flexibility index (Phi) is 4.44. The van der Waals surface area contributed by atoms with Crippen LogP contribution in [0.5, 0.6) is 0 Å². The summed E-state index contributed by atoms with van der Waals surface area (Å²) in [5, 5.41) is 3.31. The monoisotopic (exact) mass is 312 g/mol. The summed E-state index contributed by atoms with van der Waals surface area (Å²) in [4.78, 5) is 25.8. The minimum absolute atomic E-state index is 0.362. The molecule has 1 saturated heterocycles. The standard InChI is InChI=1S/C16H28N2O4/c1-15(2,3)21-13(19)18(14(20)22-16(4,5)6)9-12-10-7-17-8-11(10)12/h10-12,17H,7-9H2,1-6H3. The molecule has 0 bridgehead atoms. The fraction of sp³-hybridized carbons (Fsp3) is 0.875. The van der Waals surface area contributed by atoms with Crippen molar-refractivity contribution < 1.29 is 19.1 Å². The molecule has 0 aromatic carbocycles. The minimum Gasteiger partial charge on any atom is -0.443 e. The van der Waals surface area contributed by atoms with Gasteiger partial charge in [0.2, 0.25) is 0 Å². The van der Waals surface area contributed by atoms with Crippen molar-refractivity contribution >= 4 is 12.2 Å². The van der Waals surface area contributed by atoms with Crippen LogP contribution < -0.4 is 5.32 Å². The molecule has 6 heteroatoms. The molecule has 126 valence electrons. The predicted molar refractivity (Wildman–Crippen MR) is 82.5 cm³/mol. The first-order chi connectivity index (χ1) is 9.98. The number of hydrogen-bond donors (Lipinski definition) is 1. The molecule has 2 unspecified atom stereocenters. The van der Waals surface area contributed by atoms with Gasteiger partial charge in [0.25, 0.3) is 0 Å². The van der Waals surface area contributed by atoms with Crippen molar-refractivity contribution in [2.24, 2.45) is 17.8 Å². The van der Waals surface area contributed by atoms with Gasteiger partial charge >= 0.3 is 12.2 Å². The predicted octanol–water partition coefficient (Wildman–Crippen LogP) is 2.62. The zero-order valence-corrected chi connectivity index (χ0v) is 14.4. The maximum Gasteiger partial charge on any atom is 0.419 e. The van der Waals surface area contributed by atoms with Gasteiger partial charge in [0, 0.05) is 6.54 Å². The van der Waals surface area contributed by atoms with Gasteiger partial charge in [0.05, 0.1) is 0 Å². The summed E-state index contributed by atoms with van der Waals surface area (Å²) >= 11 is 0.